The molecule has 0 bridgehead atoms. The summed E-state index contributed by atoms with van der Waals surface area (Å²) in [6.07, 6.45) is 10.9. The van der Waals surface area contributed by atoms with Gasteiger partial charge in [-0.3, -0.25) is 9.48 Å². The Labute approximate surface area is 193 Å². The molecule has 33 heavy (non-hydrogen) atoms. The van der Waals surface area contributed by atoms with Crippen LogP contribution in [0.15, 0.2) is 47.8 Å². The second kappa shape index (κ2) is 8.53. The van der Waals surface area contributed by atoms with Gasteiger partial charge in [-0.05, 0) is 41.8 Å². The Morgan fingerprint density at radius 2 is 2.00 bits per heavy atom. The third kappa shape index (κ3) is 4.44. The van der Waals surface area contributed by atoms with E-state index in [4.69, 9.17) is 4.74 Å². The number of pyridine rings is 1. The lowest BCUT2D eigenvalue weighted by molar-refractivity contribution is 0.299. The summed E-state index contributed by atoms with van der Waals surface area (Å²) in [5.74, 6) is 1.31. The third-order valence-electron chi connectivity index (χ3n) is 5.64. The van der Waals surface area contributed by atoms with E-state index >= 15 is 0 Å². The van der Waals surface area contributed by atoms with Crippen molar-refractivity contribution in [1.29, 1.82) is 0 Å². The summed E-state index contributed by atoms with van der Waals surface area (Å²) in [5, 5.41) is 5.58. The van der Waals surface area contributed by atoms with Crippen LogP contribution in [0.25, 0.3) is 33.2 Å². The van der Waals surface area contributed by atoms with Gasteiger partial charge in [-0.2, -0.15) is 9.82 Å². The highest BCUT2D eigenvalue weighted by atomic mass is 32.2. The molecule has 1 atom stereocenters. The second-order valence-corrected chi connectivity index (χ2v) is 9.45. The van der Waals surface area contributed by atoms with E-state index in [9.17, 15) is 9.35 Å². The van der Waals surface area contributed by atoms with Crippen LogP contribution in [0.3, 0.4) is 0 Å². The highest BCUT2D eigenvalue weighted by molar-refractivity contribution is 7.91. The Morgan fingerprint density at radius 1 is 1.18 bits per heavy atom. The zero-order valence-corrected chi connectivity index (χ0v) is 19.4. The molecule has 0 aliphatic heterocycles. The van der Waals surface area contributed by atoms with E-state index in [1.807, 2.05) is 31.4 Å². The number of hydrogen-bond acceptors (Lipinski definition) is 7. The van der Waals surface area contributed by atoms with Gasteiger partial charge in [0.2, 0.25) is 0 Å². The van der Waals surface area contributed by atoms with Crippen molar-refractivity contribution in [2.45, 2.75) is 12.8 Å². The van der Waals surface area contributed by atoms with Crippen LogP contribution in [-0.4, -0.2) is 41.7 Å². The maximum absolute atomic E-state index is 12.9. The van der Waals surface area contributed by atoms with E-state index in [2.05, 4.69) is 19.8 Å². The molecule has 0 spiro atoms. The molecule has 1 fully saturated rings. The largest absolute Gasteiger partial charge is 0.593 e. The average molecular weight is 465 g/mol. The zero-order chi connectivity index (χ0) is 23.1. The Bertz CT molecular complexity index is 1390. The predicted molar refractivity (Wildman–Crippen MR) is 128 cm³/mol. The monoisotopic (exact) mass is 464 g/mol. The number of benzene rings is 1. The predicted octanol–water partition coefficient (Wildman–Crippen LogP) is 2.89. The molecule has 5 rings (SSSR count). The van der Waals surface area contributed by atoms with Crippen molar-refractivity contribution in [3.63, 3.8) is 0 Å². The van der Waals surface area contributed by atoms with E-state index in [0.717, 1.165) is 34.9 Å². The molecule has 1 unspecified atom stereocenters. The number of rotatable bonds is 7. The van der Waals surface area contributed by atoms with Gasteiger partial charge >= 0.3 is 0 Å². The molecule has 1 aromatic carbocycles. The van der Waals surface area contributed by atoms with Gasteiger partial charge in [0.25, 0.3) is 11.5 Å². The van der Waals surface area contributed by atoms with E-state index < -0.39 is 11.4 Å². The van der Waals surface area contributed by atoms with Crippen molar-refractivity contribution in [1.82, 2.24) is 24.3 Å². The number of anilines is 1. The van der Waals surface area contributed by atoms with E-state index in [1.54, 1.807) is 34.9 Å². The van der Waals surface area contributed by atoms with Gasteiger partial charge in [0.1, 0.15) is 11.9 Å². The number of nitrogens with zero attached hydrogens (tertiary/aromatic N) is 5. The number of aryl methyl sites for hydroxylation is 2. The minimum absolute atomic E-state index is 0.103. The molecule has 10 heteroatoms. The van der Waals surface area contributed by atoms with E-state index in [1.165, 1.54) is 6.26 Å². The lowest BCUT2D eigenvalue weighted by atomic mass is 9.99. The number of nitrogens with one attached hydrogen (secondary N) is 1. The standard InChI is InChI=1S/C23H24N6O3S/c1-28-12-19(18-8-15(6-7-17(18)22(28)30)16-9-25-29(2)11-16)21-20(32-13-14-4-5-14)10-24-23(26-21)27-33(3)31/h6-12,14H,4-5,13H2,1-3H3,(H,24,26,27). The van der Waals surface area contributed by atoms with Crippen molar-refractivity contribution in [3.8, 4) is 28.1 Å². The van der Waals surface area contributed by atoms with Crippen LogP contribution in [0.2, 0.25) is 0 Å². The normalized spacial score (nSPS) is 14.4. The summed E-state index contributed by atoms with van der Waals surface area (Å²) >= 11 is -1.33. The van der Waals surface area contributed by atoms with Crippen LogP contribution in [-0.2, 0) is 25.5 Å². The minimum atomic E-state index is -1.33. The Morgan fingerprint density at radius 3 is 2.70 bits per heavy atom. The molecule has 0 amide bonds. The quantitative estimate of drug-likeness (QED) is 0.419. The van der Waals surface area contributed by atoms with Crippen molar-refractivity contribution in [2.24, 2.45) is 20.0 Å². The van der Waals surface area contributed by atoms with E-state index in [-0.39, 0.29) is 11.5 Å². The molecule has 9 nitrogen and oxygen atoms in total. The van der Waals surface area contributed by atoms with Crippen LogP contribution in [0, 0.1) is 5.92 Å². The molecule has 1 N–H and O–H groups in total. The highest BCUT2D eigenvalue weighted by Gasteiger charge is 2.24. The summed E-state index contributed by atoms with van der Waals surface area (Å²) in [4.78, 5) is 21.8. The molecule has 1 aliphatic rings. The van der Waals surface area contributed by atoms with Crippen LogP contribution in [0.4, 0.5) is 5.95 Å². The summed E-state index contributed by atoms with van der Waals surface area (Å²) in [5.41, 5.74) is 3.06. The number of fused-ring (bicyclic) bond motifs is 1. The first-order valence-corrected chi connectivity index (χ1v) is 12.2. The smallest absolute Gasteiger partial charge is 0.265 e. The summed E-state index contributed by atoms with van der Waals surface area (Å²) in [7, 11) is 3.58. The molecule has 170 valence electrons. The van der Waals surface area contributed by atoms with Crippen LogP contribution in [0.1, 0.15) is 12.8 Å². The molecule has 3 heterocycles. The van der Waals surface area contributed by atoms with E-state index in [0.29, 0.717) is 29.4 Å². The lowest BCUT2D eigenvalue weighted by Crippen LogP contribution is -2.17. The van der Waals surface area contributed by atoms with Gasteiger partial charge in [0.15, 0.2) is 5.75 Å². The Balaban J connectivity index is 1.71. The van der Waals surface area contributed by atoms with Crippen LogP contribution >= 0.6 is 0 Å². The molecule has 3 aromatic heterocycles. The van der Waals surface area contributed by atoms with Crippen molar-refractivity contribution in [2.75, 3.05) is 17.6 Å². The van der Waals surface area contributed by atoms with Crippen molar-refractivity contribution >= 4 is 28.1 Å². The Kier molecular flexibility index (Phi) is 5.55. The first kappa shape index (κ1) is 21.5. The minimum Gasteiger partial charge on any atom is -0.593 e. The molecule has 0 saturated heterocycles. The second-order valence-electron chi connectivity index (χ2n) is 8.34. The zero-order valence-electron chi connectivity index (χ0n) is 18.6. The molecule has 1 aliphatic carbocycles. The molecule has 0 radical (unpaired) electrons. The summed E-state index contributed by atoms with van der Waals surface area (Å²) < 4.78 is 23.8. The fourth-order valence-electron chi connectivity index (χ4n) is 3.74. The maximum atomic E-state index is 12.9. The number of ether oxygens (including phenoxy) is 1. The van der Waals surface area contributed by atoms with Crippen molar-refractivity contribution in [3.05, 3.63) is 53.3 Å². The summed E-state index contributed by atoms with van der Waals surface area (Å²) in [6, 6.07) is 5.72. The van der Waals surface area contributed by atoms with Crippen LogP contribution in [0.5, 0.6) is 5.75 Å². The molecule has 4 aromatic rings. The highest BCUT2D eigenvalue weighted by Crippen LogP contribution is 2.36. The van der Waals surface area contributed by atoms with Gasteiger partial charge in [-0.1, -0.05) is 6.07 Å². The third-order valence-corrected chi connectivity index (χ3v) is 6.11. The number of aromatic nitrogens is 5. The summed E-state index contributed by atoms with van der Waals surface area (Å²) in [6.45, 7) is 0.591. The average Bonchev–Trinajstić information content (AvgIpc) is 3.52. The topological polar surface area (TPSA) is 110 Å². The van der Waals surface area contributed by atoms with Crippen LogP contribution < -0.4 is 15.0 Å². The Hall–Kier alpha value is -3.37. The molecular weight excluding hydrogens is 440 g/mol. The molecular formula is C23H24N6O3S. The lowest BCUT2D eigenvalue weighted by Gasteiger charge is -2.15. The van der Waals surface area contributed by atoms with Gasteiger partial charge < -0.3 is 13.9 Å². The fraction of sp³-hybridized carbons (Fsp3) is 0.304. The maximum Gasteiger partial charge on any atom is 0.265 e. The molecule has 1 saturated carbocycles. The van der Waals surface area contributed by atoms with Gasteiger partial charge in [-0.25, -0.2) is 9.97 Å². The van der Waals surface area contributed by atoms with Gasteiger partial charge in [0.05, 0.1) is 30.4 Å². The first-order valence-electron chi connectivity index (χ1n) is 10.6. The van der Waals surface area contributed by atoms with Gasteiger partial charge in [-0.15, -0.1) is 0 Å². The fourth-order valence-corrected chi connectivity index (χ4v) is 4.10. The first-order chi connectivity index (χ1) is 15.9. The van der Waals surface area contributed by atoms with Gasteiger partial charge in [0, 0.05) is 43.0 Å². The number of hydrogen-bond donors (Lipinski definition) is 1. The van der Waals surface area contributed by atoms with Crippen molar-refractivity contribution < 1.29 is 9.29 Å². The SMILES string of the molecule is Cn1cc(-c2ccc3c(=O)n(C)cc(-c4nc(N[S+](C)[O-])ncc4OCC4CC4)c3c2)cn1.